The van der Waals surface area contributed by atoms with E-state index in [0.29, 0.717) is 12.6 Å². The van der Waals surface area contributed by atoms with Crippen LogP contribution in [0.4, 0.5) is 4.79 Å². The van der Waals surface area contributed by atoms with Crippen molar-refractivity contribution in [1.82, 2.24) is 15.5 Å². The predicted molar refractivity (Wildman–Crippen MR) is 88.5 cm³/mol. The Bertz CT molecular complexity index is 447. The maximum atomic E-state index is 11.9. The number of nitrogens with one attached hydrogen (secondary N) is 2. The van der Waals surface area contributed by atoms with E-state index in [1.807, 2.05) is 19.1 Å². The minimum absolute atomic E-state index is 0.0125. The molecule has 0 aliphatic rings. The number of hydrogen-bond acceptors (Lipinski definition) is 2. The maximum absolute atomic E-state index is 11.9. The van der Waals surface area contributed by atoms with E-state index in [1.54, 1.807) is 0 Å². The molecule has 0 saturated carbocycles. The molecule has 4 nitrogen and oxygen atoms in total. The Morgan fingerprint density at radius 2 is 1.95 bits per heavy atom. The summed E-state index contributed by atoms with van der Waals surface area (Å²) in [5.74, 6) is 0. The molecule has 0 bridgehead atoms. The number of nitrogens with zero attached hydrogens (tertiary/aromatic N) is 1. The molecule has 4 heteroatoms. The lowest BCUT2D eigenvalue weighted by molar-refractivity contribution is 0.228. The first-order valence-corrected chi connectivity index (χ1v) is 7.75. The number of benzene rings is 1. The highest BCUT2D eigenvalue weighted by Crippen LogP contribution is 2.16. The number of rotatable bonds is 7. The van der Waals surface area contributed by atoms with Crippen molar-refractivity contribution in [1.29, 1.82) is 0 Å². The number of carbonyl (C=O) groups is 1. The van der Waals surface area contributed by atoms with Crippen molar-refractivity contribution >= 4 is 6.03 Å². The Balaban J connectivity index is 2.36. The molecule has 1 rings (SSSR count). The third kappa shape index (κ3) is 5.76. The molecule has 1 aromatic carbocycles. The normalized spacial score (nSPS) is 13.8. The minimum Gasteiger partial charge on any atom is -0.337 e. The van der Waals surface area contributed by atoms with Crippen LogP contribution in [0.2, 0.25) is 0 Å². The third-order valence-electron chi connectivity index (χ3n) is 4.10. The highest BCUT2D eigenvalue weighted by atomic mass is 16.2. The van der Waals surface area contributed by atoms with E-state index in [0.717, 1.165) is 18.5 Å². The van der Waals surface area contributed by atoms with Crippen molar-refractivity contribution in [2.45, 2.75) is 46.2 Å². The third-order valence-corrected chi connectivity index (χ3v) is 4.10. The first-order valence-electron chi connectivity index (χ1n) is 7.75. The van der Waals surface area contributed by atoms with Crippen molar-refractivity contribution in [3.63, 3.8) is 0 Å². The SMILES string of the molecule is CCC(C)N(C)CCNC(=O)NC(C)c1ccccc1C. The van der Waals surface area contributed by atoms with Crippen LogP contribution < -0.4 is 10.6 Å². The van der Waals surface area contributed by atoms with E-state index in [1.165, 1.54) is 5.56 Å². The summed E-state index contributed by atoms with van der Waals surface area (Å²) in [4.78, 5) is 14.2. The number of likely N-dealkylation sites (N-methyl/N-ethyl adjacent to an activating group) is 1. The van der Waals surface area contributed by atoms with E-state index < -0.39 is 0 Å². The molecule has 21 heavy (non-hydrogen) atoms. The van der Waals surface area contributed by atoms with Crippen LogP contribution >= 0.6 is 0 Å². The Labute approximate surface area is 128 Å². The molecule has 0 radical (unpaired) electrons. The van der Waals surface area contributed by atoms with E-state index in [9.17, 15) is 4.79 Å². The van der Waals surface area contributed by atoms with Crippen LogP contribution in [-0.4, -0.2) is 37.1 Å². The molecule has 1 aromatic rings. The van der Waals surface area contributed by atoms with Crippen molar-refractivity contribution < 1.29 is 4.79 Å². The zero-order valence-corrected chi connectivity index (χ0v) is 13.9. The quantitative estimate of drug-likeness (QED) is 0.811. The first-order chi connectivity index (χ1) is 9.95. The standard InChI is InChI=1S/C17H29N3O/c1-6-14(3)20(5)12-11-18-17(21)19-15(4)16-10-8-7-9-13(16)2/h7-10,14-15H,6,11-12H2,1-5H3,(H2,18,19,21). The lowest BCUT2D eigenvalue weighted by Crippen LogP contribution is -2.42. The molecule has 2 amide bonds. The van der Waals surface area contributed by atoms with Crippen LogP contribution in [0.25, 0.3) is 0 Å². The summed E-state index contributed by atoms with van der Waals surface area (Å²) < 4.78 is 0. The van der Waals surface area contributed by atoms with Crippen LogP contribution in [0.1, 0.15) is 44.4 Å². The molecule has 2 atom stereocenters. The molecule has 2 N–H and O–H groups in total. The summed E-state index contributed by atoms with van der Waals surface area (Å²) in [5, 5.41) is 5.91. The summed E-state index contributed by atoms with van der Waals surface area (Å²) in [5.41, 5.74) is 2.35. The van der Waals surface area contributed by atoms with Gasteiger partial charge in [-0.25, -0.2) is 4.79 Å². The summed E-state index contributed by atoms with van der Waals surface area (Å²) in [6.07, 6.45) is 1.12. The van der Waals surface area contributed by atoms with Gasteiger partial charge in [-0.3, -0.25) is 0 Å². The van der Waals surface area contributed by atoms with Gasteiger partial charge < -0.3 is 15.5 Å². The second-order valence-corrected chi connectivity index (χ2v) is 5.72. The van der Waals surface area contributed by atoms with Crippen LogP contribution in [0.15, 0.2) is 24.3 Å². The zero-order valence-electron chi connectivity index (χ0n) is 13.9. The number of hydrogen-bond donors (Lipinski definition) is 2. The van der Waals surface area contributed by atoms with Gasteiger partial charge in [0.2, 0.25) is 0 Å². The maximum Gasteiger partial charge on any atom is 0.315 e. The van der Waals surface area contributed by atoms with E-state index >= 15 is 0 Å². The van der Waals surface area contributed by atoms with E-state index in [4.69, 9.17) is 0 Å². The fraction of sp³-hybridized carbons (Fsp3) is 0.588. The van der Waals surface area contributed by atoms with Crippen molar-refractivity contribution in [3.05, 3.63) is 35.4 Å². The lowest BCUT2D eigenvalue weighted by atomic mass is 10.0. The first kappa shape index (κ1) is 17.5. The molecule has 0 spiro atoms. The summed E-state index contributed by atoms with van der Waals surface area (Å²) in [7, 11) is 2.09. The summed E-state index contributed by atoms with van der Waals surface area (Å²) in [6.45, 7) is 9.96. The Kier molecular flexibility index (Phi) is 7.23. The number of aryl methyl sites for hydroxylation is 1. The monoisotopic (exact) mass is 291 g/mol. The van der Waals surface area contributed by atoms with Crippen LogP contribution in [-0.2, 0) is 0 Å². The topological polar surface area (TPSA) is 44.4 Å². The highest BCUT2D eigenvalue weighted by molar-refractivity contribution is 5.74. The van der Waals surface area contributed by atoms with Gasteiger partial charge in [-0.05, 0) is 45.4 Å². The zero-order chi connectivity index (χ0) is 15.8. The average Bonchev–Trinajstić information content (AvgIpc) is 2.46. The molecular weight excluding hydrogens is 262 g/mol. The summed E-state index contributed by atoms with van der Waals surface area (Å²) >= 11 is 0. The number of urea groups is 1. The largest absolute Gasteiger partial charge is 0.337 e. The molecule has 0 saturated heterocycles. The van der Waals surface area contributed by atoms with E-state index in [2.05, 4.69) is 55.5 Å². The van der Waals surface area contributed by atoms with Gasteiger partial charge in [0.05, 0.1) is 6.04 Å². The second-order valence-electron chi connectivity index (χ2n) is 5.72. The highest BCUT2D eigenvalue weighted by Gasteiger charge is 2.11. The van der Waals surface area contributed by atoms with Gasteiger partial charge in [0.15, 0.2) is 0 Å². The van der Waals surface area contributed by atoms with Crippen molar-refractivity contribution in [3.8, 4) is 0 Å². The summed E-state index contributed by atoms with van der Waals surface area (Å²) in [6, 6.07) is 8.57. The predicted octanol–water partition coefficient (Wildman–Crippen LogP) is 3.09. The van der Waals surface area contributed by atoms with Crippen molar-refractivity contribution in [2.24, 2.45) is 0 Å². The van der Waals surface area contributed by atoms with Gasteiger partial charge in [0.1, 0.15) is 0 Å². The van der Waals surface area contributed by atoms with Gasteiger partial charge in [-0.1, -0.05) is 31.2 Å². The molecular formula is C17H29N3O. The molecule has 0 heterocycles. The van der Waals surface area contributed by atoms with Crippen LogP contribution in [0.5, 0.6) is 0 Å². The van der Waals surface area contributed by atoms with Crippen LogP contribution in [0.3, 0.4) is 0 Å². The van der Waals surface area contributed by atoms with E-state index in [-0.39, 0.29) is 12.1 Å². The molecule has 2 unspecified atom stereocenters. The van der Waals surface area contributed by atoms with Gasteiger partial charge in [-0.2, -0.15) is 0 Å². The lowest BCUT2D eigenvalue weighted by Gasteiger charge is -2.23. The molecule has 0 aliphatic heterocycles. The number of carbonyl (C=O) groups excluding carboxylic acids is 1. The Hall–Kier alpha value is -1.55. The van der Waals surface area contributed by atoms with Gasteiger partial charge in [-0.15, -0.1) is 0 Å². The Morgan fingerprint density at radius 3 is 2.57 bits per heavy atom. The average molecular weight is 291 g/mol. The van der Waals surface area contributed by atoms with Gasteiger partial charge >= 0.3 is 6.03 Å². The Morgan fingerprint density at radius 1 is 1.29 bits per heavy atom. The number of amides is 2. The fourth-order valence-electron chi connectivity index (χ4n) is 2.28. The smallest absolute Gasteiger partial charge is 0.315 e. The second kappa shape index (κ2) is 8.67. The van der Waals surface area contributed by atoms with Gasteiger partial charge in [0.25, 0.3) is 0 Å². The minimum atomic E-state index is -0.108. The molecule has 0 aliphatic carbocycles. The van der Waals surface area contributed by atoms with Gasteiger partial charge in [0, 0.05) is 19.1 Å². The molecule has 118 valence electrons. The van der Waals surface area contributed by atoms with Crippen LogP contribution in [0, 0.1) is 6.92 Å². The molecule has 0 aromatic heterocycles. The fourth-order valence-corrected chi connectivity index (χ4v) is 2.28. The molecule has 0 fully saturated rings. The van der Waals surface area contributed by atoms with Crippen molar-refractivity contribution in [2.75, 3.05) is 20.1 Å².